The SMILES string of the molecule is O=C(N/N=C\c1cc2ccccc2[nH]1)c1ccccc1. The number of carbonyl (C=O) groups excluding carboxylic acids is 1. The summed E-state index contributed by atoms with van der Waals surface area (Å²) in [5.74, 6) is -0.224. The fourth-order valence-electron chi connectivity index (χ4n) is 1.98. The number of hydrogen-bond donors (Lipinski definition) is 2. The highest BCUT2D eigenvalue weighted by Gasteiger charge is 2.02. The van der Waals surface area contributed by atoms with Crippen LogP contribution in [0.2, 0.25) is 0 Å². The van der Waals surface area contributed by atoms with Crippen molar-refractivity contribution in [1.82, 2.24) is 10.4 Å². The van der Waals surface area contributed by atoms with E-state index in [0.29, 0.717) is 5.56 Å². The second-order valence-corrected chi connectivity index (χ2v) is 4.38. The third-order valence-electron chi connectivity index (χ3n) is 2.96. The van der Waals surface area contributed by atoms with E-state index in [-0.39, 0.29) is 5.91 Å². The maximum absolute atomic E-state index is 11.8. The second kappa shape index (κ2) is 5.40. The highest BCUT2D eigenvalue weighted by molar-refractivity contribution is 5.95. The van der Waals surface area contributed by atoms with Gasteiger partial charge < -0.3 is 4.98 Å². The first-order valence-electron chi connectivity index (χ1n) is 6.29. The van der Waals surface area contributed by atoms with Gasteiger partial charge in [-0.3, -0.25) is 4.79 Å². The molecular weight excluding hydrogens is 250 g/mol. The Bertz CT molecular complexity index is 727. The topological polar surface area (TPSA) is 57.2 Å². The van der Waals surface area contributed by atoms with Crippen molar-refractivity contribution in [2.45, 2.75) is 0 Å². The molecule has 0 saturated heterocycles. The third kappa shape index (κ3) is 2.59. The third-order valence-corrected chi connectivity index (χ3v) is 2.96. The lowest BCUT2D eigenvalue weighted by atomic mass is 10.2. The largest absolute Gasteiger partial charge is 0.354 e. The molecule has 0 bridgehead atoms. The molecule has 1 aromatic heterocycles. The van der Waals surface area contributed by atoms with E-state index in [1.54, 1.807) is 18.3 Å². The van der Waals surface area contributed by atoms with E-state index in [1.165, 1.54) is 0 Å². The minimum atomic E-state index is -0.224. The number of rotatable bonds is 3. The summed E-state index contributed by atoms with van der Waals surface area (Å²) in [7, 11) is 0. The van der Waals surface area contributed by atoms with Crippen LogP contribution >= 0.6 is 0 Å². The maximum Gasteiger partial charge on any atom is 0.271 e. The summed E-state index contributed by atoms with van der Waals surface area (Å²) in [6.45, 7) is 0. The molecule has 4 nitrogen and oxygen atoms in total. The number of aromatic nitrogens is 1. The van der Waals surface area contributed by atoms with Crippen molar-refractivity contribution in [3.05, 3.63) is 71.9 Å². The van der Waals surface area contributed by atoms with Crippen LogP contribution in [0.25, 0.3) is 10.9 Å². The number of H-pyrrole nitrogens is 1. The number of amides is 1. The van der Waals surface area contributed by atoms with Crippen molar-refractivity contribution in [2.24, 2.45) is 5.10 Å². The molecule has 0 aliphatic heterocycles. The molecule has 0 aliphatic carbocycles. The Morgan fingerprint density at radius 1 is 1.05 bits per heavy atom. The number of para-hydroxylation sites is 1. The van der Waals surface area contributed by atoms with E-state index in [2.05, 4.69) is 15.5 Å². The summed E-state index contributed by atoms with van der Waals surface area (Å²) in [5, 5.41) is 5.07. The molecule has 0 unspecified atom stereocenters. The van der Waals surface area contributed by atoms with Crippen molar-refractivity contribution in [3.8, 4) is 0 Å². The van der Waals surface area contributed by atoms with Gasteiger partial charge >= 0.3 is 0 Å². The van der Waals surface area contributed by atoms with Gasteiger partial charge in [-0.25, -0.2) is 5.43 Å². The van der Waals surface area contributed by atoms with Gasteiger partial charge in [0.05, 0.1) is 11.9 Å². The van der Waals surface area contributed by atoms with Crippen molar-refractivity contribution < 1.29 is 4.79 Å². The molecule has 1 heterocycles. The van der Waals surface area contributed by atoms with Gasteiger partial charge in [0.1, 0.15) is 0 Å². The monoisotopic (exact) mass is 263 g/mol. The first-order chi connectivity index (χ1) is 9.83. The van der Waals surface area contributed by atoms with E-state index in [9.17, 15) is 4.79 Å². The van der Waals surface area contributed by atoms with Crippen LogP contribution in [0.1, 0.15) is 16.1 Å². The molecule has 2 aromatic carbocycles. The van der Waals surface area contributed by atoms with Gasteiger partial charge in [0.15, 0.2) is 0 Å². The molecule has 0 spiro atoms. The molecule has 3 aromatic rings. The predicted molar refractivity (Wildman–Crippen MR) is 79.8 cm³/mol. The van der Waals surface area contributed by atoms with Gasteiger partial charge in [-0.05, 0) is 24.3 Å². The van der Waals surface area contributed by atoms with Crippen LogP contribution in [0, 0.1) is 0 Å². The first-order valence-corrected chi connectivity index (χ1v) is 6.29. The van der Waals surface area contributed by atoms with E-state index in [1.807, 2.05) is 48.5 Å². The number of hydrazone groups is 1. The van der Waals surface area contributed by atoms with Gasteiger partial charge in [-0.15, -0.1) is 0 Å². The summed E-state index contributed by atoms with van der Waals surface area (Å²) < 4.78 is 0. The summed E-state index contributed by atoms with van der Waals surface area (Å²) in [6, 6.07) is 18.9. The molecule has 0 atom stereocenters. The van der Waals surface area contributed by atoms with Crippen LogP contribution in [-0.4, -0.2) is 17.1 Å². The maximum atomic E-state index is 11.8. The fourth-order valence-corrected chi connectivity index (χ4v) is 1.98. The lowest BCUT2D eigenvalue weighted by molar-refractivity contribution is 0.0955. The lowest BCUT2D eigenvalue weighted by Crippen LogP contribution is -2.17. The standard InChI is InChI=1S/C16H13N3O/c20-16(12-6-2-1-3-7-12)19-17-11-14-10-13-8-4-5-9-15(13)18-14/h1-11,18H,(H,19,20)/b17-11-. The number of nitrogens with zero attached hydrogens (tertiary/aromatic N) is 1. The number of fused-ring (bicyclic) bond motifs is 1. The average molecular weight is 263 g/mol. The van der Waals surface area contributed by atoms with E-state index in [4.69, 9.17) is 0 Å². The molecule has 20 heavy (non-hydrogen) atoms. The number of aromatic amines is 1. The number of nitrogens with one attached hydrogen (secondary N) is 2. The molecule has 98 valence electrons. The van der Waals surface area contributed by atoms with Crippen LogP contribution in [-0.2, 0) is 0 Å². The zero-order valence-electron chi connectivity index (χ0n) is 10.7. The zero-order valence-corrected chi connectivity index (χ0v) is 10.7. The number of benzene rings is 2. The normalized spacial score (nSPS) is 11.0. The molecule has 2 N–H and O–H groups in total. The Hall–Kier alpha value is -2.88. The van der Waals surface area contributed by atoms with Crippen LogP contribution in [0.5, 0.6) is 0 Å². The van der Waals surface area contributed by atoms with Gasteiger partial charge in [0.25, 0.3) is 5.91 Å². The van der Waals surface area contributed by atoms with Crippen molar-refractivity contribution in [1.29, 1.82) is 0 Å². The highest BCUT2D eigenvalue weighted by atomic mass is 16.2. The Morgan fingerprint density at radius 3 is 2.60 bits per heavy atom. The molecule has 1 amide bonds. The van der Waals surface area contributed by atoms with Gasteiger partial charge in [-0.1, -0.05) is 36.4 Å². The molecule has 3 rings (SSSR count). The van der Waals surface area contributed by atoms with Gasteiger partial charge in [0.2, 0.25) is 0 Å². The van der Waals surface area contributed by atoms with Gasteiger partial charge in [0, 0.05) is 16.5 Å². The van der Waals surface area contributed by atoms with Crippen LogP contribution in [0.15, 0.2) is 65.8 Å². The molecular formula is C16H13N3O. The van der Waals surface area contributed by atoms with E-state index >= 15 is 0 Å². The van der Waals surface area contributed by atoms with E-state index in [0.717, 1.165) is 16.6 Å². The van der Waals surface area contributed by atoms with Gasteiger partial charge in [-0.2, -0.15) is 5.10 Å². The second-order valence-electron chi connectivity index (χ2n) is 4.38. The molecule has 0 aliphatic rings. The Balaban J connectivity index is 1.70. The number of hydrogen-bond acceptors (Lipinski definition) is 2. The predicted octanol–water partition coefficient (Wildman–Crippen LogP) is 2.93. The van der Waals surface area contributed by atoms with Crippen LogP contribution < -0.4 is 5.43 Å². The highest BCUT2D eigenvalue weighted by Crippen LogP contribution is 2.13. The quantitative estimate of drug-likeness (QED) is 0.554. The molecule has 4 heteroatoms. The average Bonchev–Trinajstić information content (AvgIpc) is 2.90. The summed E-state index contributed by atoms with van der Waals surface area (Å²) >= 11 is 0. The van der Waals surface area contributed by atoms with Crippen LogP contribution in [0.4, 0.5) is 0 Å². The number of carbonyl (C=O) groups is 1. The molecule has 0 saturated carbocycles. The Morgan fingerprint density at radius 2 is 1.80 bits per heavy atom. The first kappa shape index (κ1) is 12.2. The van der Waals surface area contributed by atoms with Crippen molar-refractivity contribution in [2.75, 3.05) is 0 Å². The van der Waals surface area contributed by atoms with Crippen molar-refractivity contribution in [3.63, 3.8) is 0 Å². The Kier molecular flexibility index (Phi) is 3.29. The molecule has 0 radical (unpaired) electrons. The zero-order chi connectivity index (χ0) is 13.8. The summed E-state index contributed by atoms with van der Waals surface area (Å²) in [6.07, 6.45) is 1.60. The summed E-state index contributed by atoms with van der Waals surface area (Å²) in [4.78, 5) is 15.0. The molecule has 0 fully saturated rings. The Labute approximate surface area is 116 Å². The fraction of sp³-hybridized carbons (Fsp3) is 0. The smallest absolute Gasteiger partial charge is 0.271 e. The summed E-state index contributed by atoms with van der Waals surface area (Å²) in [5.41, 5.74) is 4.98. The minimum Gasteiger partial charge on any atom is -0.354 e. The lowest BCUT2D eigenvalue weighted by Gasteiger charge is -1.97. The minimum absolute atomic E-state index is 0.224. The van der Waals surface area contributed by atoms with Crippen LogP contribution in [0.3, 0.4) is 0 Å². The van der Waals surface area contributed by atoms with Crippen molar-refractivity contribution >= 4 is 23.0 Å². The van der Waals surface area contributed by atoms with E-state index < -0.39 is 0 Å².